The molecule has 21 heavy (non-hydrogen) atoms. The summed E-state index contributed by atoms with van der Waals surface area (Å²) in [7, 11) is 0. The smallest absolute Gasteiger partial charge is 0.254 e. The molecule has 2 aliphatic carbocycles. The molecule has 3 rings (SSSR count). The van der Waals surface area contributed by atoms with Crippen LogP contribution in [0.2, 0.25) is 0 Å². The number of nitrogens with zero attached hydrogens (tertiary/aromatic N) is 2. The Morgan fingerprint density at radius 2 is 2.05 bits per heavy atom. The van der Waals surface area contributed by atoms with E-state index in [9.17, 15) is 4.79 Å². The molecule has 112 valence electrons. The summed E-state index contributed by atoms with van der Waals surface area (Å²) in [5, 5.41) is 6.15. The predicted molar refractivity (Wildman–Crippen MR) is 82.2 cm³/mol. The van der Waals surface area contributed by atoms with E-state index in [2.05, 4.69) is 26.7 Å². The molecule has 2 aliphatic rings. The van der Waals surface area contributed by atoms with Crippen LogP contribution in [0.5, 0.6) is 0 Å². The van der Waals surface area contributed by atoms with Gasteiger partial charge in [-0.2, -0.15) is 0 Å². The second-order valence-electron chi connectivity index (χ2n) is 5.83. The van der Waals surface area contributed by atoms with E-state index in [1.54, 1.807) is 12.4 Å². The van der Waals surface area contributed by atoms with Crippen LogP contribution in [-0.4, -0.2) is 28.5 Å². The van der Waals surface area contributed by atoms with E-state index in [0.717, 1.165) is 6.42 Å². The molecule has 0 saturated heterocycles. The fourth-order valence-electron chi connectivity index (χ4n) is 2.50. The lowest BCUT2D eigenvalue weighted by molar-refractivity contribution is 0.0953. The summed E-state index contributed by atoms with van der Waals surface area (Å²) in [5.41, 5.74) is 2.00. The predicted octanol–water partition coefficient (Wildman–Crippen LogP) is 2.67. The van der Waals surface area contributed by atoms with Crippen molar-refractivity contribution in [2.45, 2.75) is 51.0 Å². The van der Waals surface area contributed by atoms with Crippen LogP contribution < -0.4 is 10.6 Å². The third-order valence-electron chi connectivity index (χ3n) is 3.94. The standard InChI is InChI=1S/C16H22N4O/c21-15(17-9-8-12-4-2-1-3-5-12)13-10-18-16(19-11-13)20-14-6-7-14/h4,10-11,14H,1-3,5-9H2,(H,17,21)(H,18,19,20). The van der Waals surface area contributed by atoms with Crippen molar-refractivity contribution in [2.75, 3.05) is 11.9 Å². The normalized spacial score (nSPS) is 18.0. The zero-order valence-electron chi connectivity index (χ0n) is 12.3. The molecule has 0 atom stereocenters. The molecule has 0 spiro atoms. The van der Waals surface area contributed by atoms with Crippen molar-refractivity contribution < 1.29 is 4.79 Å². The lowest BCUT2D eigenvalue weighted by atomic mass is 9.97. The van der Waals surface area contributed by atoms with Crippen LogP contribution in [0, 0.1) is 0 Å². The minimum Gasteiger partial charge on any atom is -0.352 e. The molecule has 0 aliphatic heterocycles. The average molecular weight is 286 g/mol. The summed E-state index contributed by atoms with van der Waals surface area (Å²) in [4.78, 5) is 20.4. The molecule has 0 radical (unpaired) electrons. The molecule has 1 saturated carbocycles. The Balaban J connectivity index is 1.44. The first kappa shape index (κ1) is 14.0. The van der Waals surface area contributed by atoms with Crippen LogP contribution in [0.4, 0.5) is 5.95 Å². The van der Waals surface area contributed by atoms with E-state index in [-0.39, 0.29) is 5.91 Å². The molecule has 1 aromatic heterocycles. The van der Waals surface area contributed by atoms with Gasteiger partial charge in [0.05, 0.1) is 5.56 Å². The van der Waals surface area contributed by atoms with E-state index < -0.39 is 0 Å². The van der Waals surface area contributed by atoms with Gasteiger partial charge in [0.1, 0.15) is 0 Å². The maximum absolute atomic E-state index is 12.0. The summed E-state index contributed by atoms with van der Waals surface area (Å²) >= 11 is 0. The van der Waals surface area contributed by atoms with Gasteiger partial charge >= 0.3 is 0 Å². The zero-order chi connectivity index (χ0) is 14.5. The zero-order valence-corrected chi connectivity index (χ0v) is 12.3. The van der Waals surface area contributed by atoms with Gasteiger partial charge in [0.25, 0.3) is 5.91 Å². The number of carbonyl (C=O) groups is 1. The minimum absolute atomic E-state index is 0.0932. The summed E-state index contributed by atoms with van der Waals surface area (Å²) in [6.45, 7) is 0.687. The van der Waals surface area contributed by atoms with Crippen LogP contribution in [-0.2, 0) is 0 Å². The number of anilines is 1. The highest BCUT2D eigenvalue weighted by Crippen LogP contribution is 2.22. The molecule has 5 heteroatoms. The number of nitrogens with one attached hydrogen (secondary N) is 2. The summed E-state index contributed by atoms with van der Waals surface area (Å²) in [6.07, 6.45) is 13.8. The van der Waals surface area contributed by atoms with E-state index in [0.29, 0.717) is 24.1 Å². The van der Waals surface area contributed by atoms with Gasteiger partial charge in [-0.05, 0) is 44.9 Å². The summed E-state index contributed by atoms with van der Waals surface area (Å²) in [6, 6.07) is 0.522. The molecule has 1 amide bonds. The quantitative estimate of drug-likeness (QED) is 0.789. The molecular formula is C16H22N4O. The number of amides is 1. The van der Waals surface area contributed by atoms with Crippen molar-refractivity contribution in [3.05, 3.63) is 29.6 Å². The van der Waals surface area contributed by atoms with E-state index in [1.807, 2.05) is 0 Å². The topological polar surface area (TPSA) is 66.9 Å². The number of aromatic nitrogens is 2. The Kier molecular flexibility index (Phi) is 4.48. The van der Waals surface area contributed by atoms with Gasteiger partial charge in [0, 0.05) is 25.0 Å². The Labute approximate surface area is 125 Å². The second-order valence-corrected chi connectivity index (χ2v) is 5.83. The molecule has 0 bridgehead atoms. The molecule has 1 fully saturated rings. The lowest BCUT2D eigenvalue weighted by Gasteiger charge is -2.12. The van der Waals surface area contributed by atoms with Crippen molar-refractivity contribution in [1.29, 1.82) is 0 Å². The highest BCUT2D eigenvalue weighted by atomic mass is 16.1. The number of hydrogen-bond acceptors (Lipinski definition) is 4. The van der Waals surface area contributed by atoms with E-state index >= 15 is 0 Å². The first-order valence-corrected chi connectivity index (χ1v) is 7.86. The first-order valence-electron chi connectivity index (χ1n) is 7.86. The fraction of sp³-hybridized carbons (Fsp3) is 0.562. The van der Waals surface area contributed by atoms with Crippen LogP contribution in [0.25, 0.3) is 0 Å². The number of rotatable bonds is 6. The van der Waals surface area contributed by atoms with Crippen LogP contribution in [0.1, 0.15) is 55.3 Å². The van der Waals surface area contributed by atoms with Crippen LogP contribution in [0.15, 0.2) is 24.0 Å². The van der Waals surface area contributed by atoms with Crippen molar-refractivity contribution >= 4 is 11.9 Å². The second kappa shape index (κ2) is 6.70. The minimum atomic E-state index is -0.0932. The number of carbonyl (C=O) groups excluding carboxylic acids is 1. The largest absolute Gasteiger partial charge is 0.352 e. The van der Waals surface area contributed by atoms with Crippen LogP contribution in [0.3, 0.4) is 0 Å². The first-order chi connectivity index (χ1) is 10.3. The maximum atomic E-state index is 12.0. The maximum Gasteiger partial charge on any atom is 0.254 e. The highest BCUT2D eigenvalue weighted by molar-refractivity contribution is 5.93. The Hall–Kier alpha value is -1.91. The summed E-state index contributed by atoms with van der Waals surface area (Å²) in [5.74, 6) is 0.519. The Morgan fingerprint density at radius 3 is 2.71 bits per heavy atom. The molecule has 0 aromatic carbocycles. The molecule has 2 N–H and O–H groups in total. The van der Waals surface area contributed by atoms with Gasteiger partial charge in [-0.15, -0.1) is 0 Å². The number of hydrogen-bond donors (Lipinski definition) is 2. The molecular weight excluding hydrogens is 264 g/mol. The van der Waals surface area contributed by atoms with Crippen LogP contribution >= 0.6 is 0 Å². The van der Waals surface area contributed by atoms with Crippen molar-refractivity contribution in [3.63, 3.8) is 0 Å². The summed E-state index contributed by atoms with van der Waals surface area (Å²) < 4.78 is 0. The molecule has 5 nitrogen and oxygen atoms in total. The van der Waals surface area contributed by atoms with Gasteiger partial charge in [0.15, 0.2) is 0 Å². The van der Waals surface area contributed by atoms with Crippen molar-refractivity contribution in [3.8, 4) is 0 Å². The third-order valence-corrected chi connectivity index (χ3v) is 3.94. The molecule has 1 aromatic rings. The highest BCUT2D eigenvalue weighted by Gasteiger charge is 2.21. The van der Waals surface area contributed by atoms with Gasteiger partial charge < -0.3 is 10.6 Å². The van der Waals surface area contributed by atoms with E-state index in [4.69, 9.17) is 0 Å². The Morgan fingerprint density at radius 1 is 1.24 bits per heavy atom. The Bertz CT molecular complexity index is 520. The molecule has 0 unspecified atom stereocenters. The monoisotopic (exact) mass is 286 g/mol. The SMILES string of the molecule is O=C(NCCC1=CCCCC1)c1cnc(NC2CC2)nc1. The average Bonchev–Trinajstić information content (AvgIpc) is 3.33. The lowest BCUT2D eigenvalue weighted by Crippen LogP contribution is -2.25. The van der Waals surface area contributed by atoms with Gasteiger partial charge in [-0.3, -0.25) is 4.79 Å². The van der Waals surface area contributed by atoms with Gasteiger partial charge in [0.2, 0.25) is 5.95 Å². The third kappa shape index (κ3) is 4.28. The van der Waals surface area contributed by atoms with E-state index in [1.165, 1.54) is 44.1 Å². The van der Waals surface area contributed by atoms with Gasteiger partial charge in [-0.25, -0.2) is 9.97 Å². The molecule has 1 heterocycles. The fourth-order valence-corrected chi connectivity index (χ4v) is 2.50. The number of allylic oxidation sites excluding steroid dienone is 1. The van der Waals surface area contributed by atoms with Gasteiger partial charge in [-0.1, -0.05) is 11.6 Å². The van der Waals surface area contributed by atoms with Crippen molar-refractivity contribution in [1.82, 2.24) is 15.3 Å². The van der Waals surface area contributed by atoms with Crippen molar-refractivity contribution in [2.24, 2.45) is 0 Å².